The lowest BCUT2D eigenvalue weighted by Gasteiger charge is -2.03. The topological polar surface area (TPSA) is 57.8 Å². The van der Waals surface area contributed by atoms with Gasteiger partial charge in [-0.05, 0) is 20.3 Å². The molecule has 2 N–H and O–H groups in total. The minimum atomic E-state index is -0.00231. The number of anilines is 1. The zero-order chi connectivity index (χ0) is 10.6. The highest BCUT2D eigenvalue weighted by Crippen LogP contribution is 2.16. The number of hydrogen-bond acceptors (Lipinski definition) is 2. The van der Waals surface area contributed by atoms with E-state index in [2.05, 4.69) is 22.1 Å². The van der Waals surface area contributed by atoms with Crippen molar-refractivity contribution in [2.45, 2.75) is 26.7 Å². The quantitative estimate of drug-likeness (QED) is 0.718. The number of nitrogens with one attached hydrogen (secondary N) is 2. The van der Waals surface area contributed by atoms with Crippen molar-refractivity contribution in [2.75, 3.05) is 5.32 Å². The molecule has 0 aliphatic rings. The Kier molecular flexibility index (Phi) is 3.45. The van der Waals surface area contributed by atoms with E-state index in [9.17, 15) is 4.79 Å². The van der Waals surface area contributed by atoms with Crippen LogP contribution in [0.3, 0.4) is 0 Å². The predicted molar refractivity (Wildman–Crippen MR) is 56.1 cm³/mol. The van der Waals surface area contributed by atoms with Crippen LogP contribution in [-0.2, 0) is 4.79 Å². The second-order valence-corrected chi connectivity index (χ2v) is 3.18. The molecule has 0 aliphatic carbocycles. The number of allylic oxidation sites excluding steroid dienone is 1. The van der Waals surface area contributed by atoms with Crippen LogP contribution in [0.4, 0.5) is 5.69 Å². The summed E-state index contributed by atoms with van der Waals surface area (Å²) in [5, 5.41) is 9.62. The van der Waals surface area contributed by atoms with E-state index in [0.29, 0.717) is 12.8 Å². The van der Waals surface area contributed by atoms with E-state index in [1.807, 2.05) is 13.8 Å². The standard InChI is InChI=1S/C10H15N3O/c1-4-5-6-9(14)11-10-7(2)12-13-8(10)3/h4H,1,5-6H2,2-3H3,(H,11,14)(H,12,13). The minimum Gasteiger partial charge on any atom is -0.323 e. The fourth-order valence-corrected chi connectivity index (χ4v) is 1.17. The van der Waals surface area contributed by atoms with E-state index in [-0.39, 0.29) is 5.91 Å². The predicted octanol–water partition coefficient (Wildman–Crippen LogP) is 1.93. The number of aromatic amines is 1. The smallest absolute Gasteiger partial charge is 0.224 e. The van der Waals surface area contributed by atoms with Crippen molar-refractivity contribution in [2.24, 2.45) is 0 Å². The lowest BCUT2D eigenvalue weighted by Crippen LogP contribution is -2.11. The van der Waals surface area contributed by atoms with Crippen molar-refractivity contribution >= 4 is 11.6 Å². The van der Waals surface area contributed by atoms with Gasteiger partial charge in [0, 0.05) is 6.42 Å². The molecule has 0 fully saturated rings. The van der Waals surface area contributed by atoms with Gasteiger partial charge >= 0.3 is 0 Å². The Morgan fingerprint density at radius 2 is 2.36 bits per heavy atom. The molecule has 0 saturated carbocycles. The lowest BCUT2D eigenvalue weighted by atomic mass is 10.2. The second-order valence-electron chi connectivity index (χ2n) is 3.18. The van der Waals surface area contributed by atoms with Crippen molar-refractivity contribution in [3.8, 4) is 0 Å². The van der Waals surface area contributed by atoms with Crippen molar-refractivity contribution in [1.29, 1.82) is 0 Å². The summed E-state index contributed by atoms with van der Waals surface area (Å²) in [5.41, 5.74) is 2.49. The first kappa shape index (κ1) is 10.5. The summed E-state index contributed by atoms with van der Waals surface area (Å²) in [5.74, 6) is -0.00231. The van der Waals surface area contributed by atoms with Gasteiger partial charge in [-0.2, -0.15) is 5.10 Å². The van der Waals surface area contributed by atoms with Crippen molar-refractivity contribution in [1.82, 2.24) is 10.2 Å². The van der Waals surface area contributed by atoms with Crippen molar-refractivity contribution in [3.63, 3.8) is 0 Å². The van der Waals surface area contributed by atoms with Crippen LogP contribution in [0.15, 0.2) is 12.7 Å². The molecule has 4 heteroatoms. The fraction of sp³-hybridized carbons (Fsp3) is 0.400. The molecule has 0 bridgehead atoms. The summed E-state index contributed by atoms with van der Waals surface area (Å²) >= 11 is 0. The van der Waals surface area contributed by atoms with Gasteiger partial charge < -0.3 is 5.32 Å². The summed E-state index contributed by atoms with van der Waals surface area (Å²) < 4.78 is 0. The molecule has 0 saturated heterocycles. The summed E-state index contributed by atoms with van der Waals surface area (Å²) in [6.07, 6.45) is 2.89. The summed E-state index contributed by atoms with van der Waals surface area (Å²) in [6, 6.07) is 0. The van der Waals surface area contributed by atoms with Crippen LogP contribution >= 0.6 is 0 Å². The highest BCUT2D eigenvalue weighted by molar-refractivity contribution is 5.91. The molecular weight excluding hydrogens is 178 g/mol. The molecule has 1 heterocycles. The van der Waals surface area contributed by atoms with Gasteiger partial charge in [0.1, 0.15) is 0 Å². The Balaban J connectivity index is 2.59. The Labute approximate surface area is 83.4 Å². The number of H-pyrrole nitrogens is 1. The fourth-order valence-electron chi connectivity index (χ4n) is 1.17. The zero-order valence-corrected chi connectivity index (χ0v) is 8.55. The third-order valence-corrected chi connectivity index (χ3v) is 1.97. The SMILES string of the molecule is C=CCCC(=O)Nc1c(C)n[nH]c1C. The molecule has 1 aromatic rings. The summed E-state index contributed by atoms with van der Waals surface area (Å²) in [4.78, 5) is 11.4. The Morgan fingerprint density at radius 1 is 1.64 bits per heavy atom. The first-order valence-corrected chi connectivity index (χ1v) is 4.57. The highest BCUT2D eigenvalue weighted by Gasteiger charge is 2.08. The van der Waals surface area contributed by atoms with Gasteiger partial charge in [0.05, 0.1) is 17.1 Å². The van der Waals surface area contributed by atoms with Gasteiger partial charge in [0.15, 0.2) is 0 Å². The van der Waals surface area contributed by atoms with Gasteiger partial charge in [-0.15, -0.1) is 6.58 Å². The van der Waals surface area contributed by atoms with E-state index in [4.69, 9.17) is 0 Å². The lowest BCUT2D eigenvalue weighted by molar-refractivity contribution is -0.116. The third-order valence-electron chi connectivity index (χ3n) is 1.97. The van der Waals surface area contributed by atoms with Gasteiger partial charge in [-0.1, -0.05) is 6.08 Å². The number of aryl methyl sites for hydroxylation is 2. The zero-order valence-electron chi connectivity index (χ0n) is 8.55. The summed E-state index contributed by atoms with van der Waals surface area (Å²) in [7, 11) is 0. The average Bonchev–Trinajstić information content (AvgIpc) is 2.46. The maximum absolute atomic E-state index is 11.4. The first-order chi connectivity index (χ1) is 6.65. The normalized spacial score (nSPS) is 9.86. The number of amides is 1. The Hall–Kier alpha value is -1.58. The average molecular weight is 193 g/mol. The molecule has 14 heavy (non-hydrogen) atoms. The molecule has 0 radical (unpaired) electrons. The van der Waals surface area contributed by atoms with E-state index in [1.54, 1.807) is 6.08 Å². The molecule has 1 rings (SSSR count). The molecule has 0 spiro atoms. The van der Waals surface area contributed by atoms with Gasteiger partial charge in [0.25, 0.3) is 0 Å². The van der Waals surface area contributed by atoms with Crippen LogP contribution in [0.25, 0.3) is 0 Å². The van der Waals surface area contributed by atoms with E-state index in [1.165, 1.54) is 0 Å². The second kappa shape index (κ2) is 4.60. The largest absolute Gasteiger partial charge is 0.323 e. The molecule has 0 atom stereocenters. The molecule has 76 valence electrons. The number of carbonyl (C=O) groups excluding carboxylic acids is 1. The molecule has 0 aromatic carbocycles. The monoisotopic (exact) mass is 193 g/mol. The number of aromatic nitrogens is 2. The Morgan fingerprint density at radius 3 is 2.86 bits per heavy atom. The van der Waals surface area contributed by atoms with Crippen LogP contribution in [-0.4, -0.2) is 16.1 Å². The van der Waals surface area contributed by atoms with Crippen molar-refractivity contribution < 1.29 is 4.79 Å². The van der Waals surface area contributed by atoms with E-state index >= 15 is 0 Å². The van der Waals surface area contributed by atoms with Gasteiger partial charge in [-0.3, -0.25) is 9.89 Å². The molecule has 1 amide bonds. The van der Waals surface area contributed by atoms with Gasteiger partial charge in [-0.25, -0.2) is 0 Å². The number of hydrogen-bond donors (Lipinski definition) is 2. The number of rotatable bonds is 4. The maximum Gasteiger partial charge on any atom is 0.224 e. The molecule has 0 aliphatic heterocycles. The first-order valence-electron chi connectivity index (χ1n) is 4.57. The Bertz CT molecular complexity index is 322. The van der Waals surface area contributed by atoms with Crippen LogP contribution in [0, 0.1) is 13.8 Å². The third kappa shape index (κ3) is 2.45. The highest BCUT2D eigenvalue weighted by atomic mass is 16.1. The van der Waals surface area contributed by atoms with Crippen molar-refractivity contribution in [3.05, 3.63) is 24.0 Å². The number of carbonyl (C=O) groups is 1. The van der Waals surface area contributed by atoms with Crippen LogP contribution in [0.5, 0.6) is 0 Å². The van der Waals surface area contributed by atoms with Crippen LogP contribution < -0.4 is 5.32 Å². The molecule has 4 nitrogen and oxygen atoms in total. The molecule has 1 aromatic heterocycles. The number of nitrogens with zero attached hydrogens (tertiary/aromatic N) is 1. The van der Waals surface area contributed by atoms with E-state index < -0.39 is 0 Å². The maximum atomic E-state index is 11.4. The van der Waals surface area contributed by atoms with E-state index in [0.717, 1.165) is 17.1 Å². The summed E-state index contributed by atoms with van der Waals surface area (Å²) in [6.45, 7) is 7.30. The van der Waals surface area contributed by atoms with Crippen LogP contribution in [0.2, 0.25) is 0 Å². The molecular formula is C10H15N3O. The molecule has 0 unspecified atom stereocenters. The minimum absolute atomic E-state index is 0.00231. The van der Waals surface area contributed by atoms with Gasteiger partial charge in [0.2, 0.25) is 5.91 Å². The van der Waals surface area contributed by atoms with Crippen LogP contribution in [0.1, 0.15) is 24.2 Å².